The number of rotatable bonds is 1. The molecule has 0 spiro atoms. The molecule has 2 rings (SSSR count). The Bertz CT molecular complexity index is 184. The Labute approximate surface area is 66.9 Å². The van der Waals surface area contributed by atoms with Crippen LogP contribution in [0.2, 0.25) is 0 Å². The Balaban J connectivity index is 1.89. The van der Waals surface area contributed by atoms with Gasteiger partial charge in [-0.1, -0.05) is 0 Å². The molecule has 1 fully saturated rings. The van der Waals surface area contributed by atoms with E-state index in [0.717, 1.165) is 31.4 Å². The van der Waals surface area contributed by atoms with Crippen molar-refractivity contribution in [2.75, 3.05) is 0 Å². The Morgan fingerprint density at radius 3 is 2.55 bits per heavy atom. The normalized spacial score (nSPS) is 42.7. The molecule has 0 aromatic carbocycles. The zero-order valence-corrected chi connectivity index (χ0v) is 6.84. The molecule has 11 heavy (non-hydrogen) atoms. The van der Waals surface area contributed by atoms with Crippen molar-refractivity contribution < 1.29 is 9.84 Å². The first-order valence-electron chi connectivity index (χ1n) is 4.26. The third kappa shape index (κ3) is 1.56. The smallest absolute Gasteiger partial charge is 0.141 e. The fraction of sp³-hybridized carbons (Fsp3) is 0.778. The molecule has 2 aliphatic rings. The van der Waals surface area contributed by atoms with E-state index in [0.29, 0.717) is 5.92 Å². The molecular weight excluding hydrogens is 140 g/mol. The van der Waals surface area contributed by atoms with Gasteiger partial charge in [0, 0.05) is 5.92 Å². The summed E-state index contributed by atoms with van der Waals surface area (Å²) in [4.78, 5) is 0. The summed E-state index contributed by atoms with van der Waals surface area (Å²) in [6.45, 7) is 1.92. The van der Waals surface area contributed by atoms with Crippen LogP contribution in [0.15, 0.2) is 12.0 Å². The van der Waals surface area contributed by atoms with Crippen molar-refractivity contribution >= 4 is 0 Å². The van der Waals surface area contributed by atoms with Crippen molar-refractivity contribution in [1.82, 2.24) is 0 Å². The van der Waals surface area contributed by atoms with Gasteiger partial charge in [0.05, 0.1) is 5.60 Å². The highest BCUT2D eigenvalue weighted by Crippen LogP contribution is 2.39. The van der Waals surface area contributed by atoms with Crippen molar-refractivity contribution in [3.8, 4) is 0 Å². The molecule has 1 aliphatic carbocycles. The standard InChI is InChI=1S/C9H14O2/c1-9(10)4-2-7(3-5-9)8-6-11-8/h6-7,10H,2-5H2,1H3. The number of ether oxygens (including phenoxy) is 1. The van der Waals surface area contributed by atoms with Crippen LogP contribution >= 0.6 is 0 Å². The molecular formula is C9H14O2. The van der Waals surface area contributed by atoms with E-state index in [4.69, 9.17) is 4.74 Å². The fourth-order valence-electron chi connectivity index (χ4n) is 1.75. The first kappa shape index (κ1) is 7.17. The van der Waals surface area contributed by atoms with Crippen molar-refractivity contribution in [1.29, 1.82) is 0 Å². The van der Waals surface area contributed by atoms with Crippen LogP contribution in [-0.4, -0.2) is 10.7 Å². The molecule has 0 bridgehead atoms. The van der Waals surface area contributed by atoms with Gasteiger partial charge in [0.25, 0.3) is 0 Å². The number of allylic oxidation sites excluding steroid dienone is 1. The summed E-state index contributed by atoms with van der Waals surface area (Å²) in [7, 11) is 0. The molecule has 2 nitrogen and oxygen atoms in total. The predicted molar refractivity (Wildman–Crippen MR) is 41.7 cm³/mol. The monoisotopic (exact) mass is 154 g/mol. The van der Waals surface area contributed by atoms with E-state index >= 15 is 0 Å². The number of hydrogen-bond acceptors (Lipinski definition) is 2. The minimum atomic E-state index is -0.411. The van der Waals surface area contributed by atoms with Gasteiger partial charge in [-0.2, -0.15) is 0 Å². The number of hydrogen-bond donors (Lipinski definition) is 1. The minimum absolute atomic E-state index is 0.411. The summed E-state index contributed by atoms with van der Waals surface area (Å²) >= 11 is 0. The third-order valence-corrected chi connectivity index (χ3v) is 2.72. The molecule has 1 saturated carbocycles. The summed E-state index contributed by atoms with van der Waals surface area (Å²) in [5.74, 6) is 1.76. The SMILES string of the molecule is CC1(O)CCC(C2=CO2)CC1. The zero-order chi connectivity index (χ0) is 7.90. The van der Waals surface area contributed by atoms with E-state index in [1.807, 2.05) is 13.2 Å². The average molecular weight is 154 g/mol. The molecule has 62 valence electrons. The van der Waals surface area contributed by atoms with Crippen LogP contribution < -0.4 is 0 Å². The largest absolute Gasteiger partial charge is 0.462 e. The van der Waals surface area contributed by atoms with Gasteiger partial charge in [0.2, 0.25) is 0 Å². The summed E-state index contributed by atoms with van der Waals surface area (Å²) in [6, 6.07) is 0. The van der Waals surface area contributed by atoms with Crippen molar-refractivity contribution in [3.05, 3.63) is 12.0 Å². The van der Waals surface area contributed by atoms with E-state index in [9.17, 15) is 5.11 Å². The average Bonchev–Trinajstić information content (AvgIpc) is 2.70. The molecule has 1 aliphatic heterocycles. The lowest BCUT2D eigenvalue weighted by Gasteiger charge is -2.31. The van der Waals surface area contributed by atoms with E-state index in [1.54, 1.807) is 0 Å². The maximum Gasteiger partial charge on any atom is 0.141 e. The van der Waals surface area contributed by atoms with Crippen LogP contribution in [-0.2, 0) is 4.74 Å². The lowest BCUT2D eigenvalue weighted by molar-refractivity contribution is 0.0109. The molecule has 0 aromatic rings. The highest BCUT2D eigenvalue weighted by molar-refractivity contribution is 5.09. The van der Waals surface area contributed by atoms with Crippen LogP contribution in [0.1, 0.15) is 32.6 Å². The molecule has 0 atom stereocenters. The Morgan fingerprint density at radius 1 is 1.55 bits per heavy atom. The van der Waals surface area contributed by atoms with Gasteiger partial charge in [-0.25, -0.2) is 0 Å². The molecule has 0 unspecified atom stereocenters. The van der Waals surface area contributed by atoms with E-state index in [2.05, 4.69) is 0 Å². The van der Waals surface area contributed by atoms with Gasteiger partial charge in [-0.05, 0) is 32.6 Å². The van der Waals surface area contributed by atoms with Gasteiger partial charge in [-0.15, -0.1) is 0 Å². The van der Waals surface area contributed by atoms with E-state index in [1.165, 1.54) is 0 Å². The summed E-state index contributed by atoms with van der Waals surface area (Å²) in [6.07, 6.45) is 5.82. The maximum absolute atomic E-state index is 9.63. The molecule has 0 saturated heterocycles. The first-order valence-corrected chi connectivity index (χ1v) is 4.26. The fourth-order valence-corrected chi connectivity index (χ4v) is 1.75. The van der Waals surface area contributed by atoms with Gasteiger partial charge in [0.15, 0.2) is 0 Å². The van der Waals surface area contributed by atoms with Crippen LogP contribution in [0.25, 0.3) is 0 Å². The van der Waals surface area contributed by atoms with Crippen LogP contribution in [0, 0.1) is 5.92 Å². The highest BCUT2D eigenvalue weighted by atomic mass is 16.5. The van der Waals surface area contributed by atoms with Gasteiger partial charge in [-0.3, -0.25) is 0 Å². The van der Waals surface area contributed by atoms with E-state index in [-0.39, 0.29) is 0 Å². The lowest BCUT2D eigenvalue weighted by atomic mass is 9.80. The molecule has 0 amide bonds. The summed E-state index contributed by atoms with van der Waals surface area (Å²) in [5, 5.41) is 9.63. The highest BCUT2D eigenvalue weighted by Gasteiger charge is 2.33. The van der Waals surface area contributed by atoms with Gasteiger partial charge < -0.3 is 9.84 Å². The Kier molecular flexibility index (Phi) is 1.46. The van der Waals surface area contributed by atoms with Crippen LogP contribution in [0.5, 0.6) is 0 Å². The van der Waals surface area contributed by atoms with Crippen LogP contribution in [0.4, 0.5) is 0 Å². The van der Waals surface area contributed by atoms with Crippen molar-refractivity contribution in [2.24, 2.45) is 5.92 Å². The van der Waals surface area contributed by atoms with E-state index < -0.39 is 5.60 Å². The molecule has 0 radical (unpaired) electrons. The predicted octanol–water partition coefficient (Wildman–Crippen LogP) is 1.80. The molecule has 1 heterocycles. The van der Waals surface area contributed by atoms with Gasteiger partial charge >= 0.3 is 0 Å². The molecule has 2 heteroatoms. The summed E-state index contributed by atoms with van der Waals surface area (Å²) < 4.78 is 5.03. The summed E-state index contributed by atoms with van der Waals surface area (Å²) in [5.41, 5.74) is -0.411. The third-order valence-electron chi connectivity index (χ3n) is 2.72. The van der Waals surface area contributed by atoms with Crippen molar-refractivity contribution in [2.45, 2.75) is 38.2 Å². The first-order chi connectivity index (χ1) is 5.17. The van der Waals surface area contributed by atoms with Crippen molar-refractivity contribution in [3.63, 3.8) is 0 Å². The molecule has 0 aromatic heterocycles. The minimum Gasteiger partial charge on any atom is -0.462 e. The second kappa shape index (κ2) is 2.24. The maximum atomic E-state index is 9.63. The zero-order valence-electron chi connectivity index (χ0n) is 6.84. The topological polar surface area (TPSA) is 32.8 Å². The van der Waals surface area contributed by atoms with Crippen LogP contribution in [0.3, 0.4) is 0 Å². The second-order valence-electron chi connectivity index (χ2n) is 3.91. The second-order valence-corrected chi connectivity index (χ2v) is 3.91. The van der Waals surface area contributed by atoms with Gasteiger partial charge in [0.1, 0.15) is 12.0 Å². The Hall–Kier alpha value is -0.500. The molecule has 1 N–H and O–H groups in total. The lowest BCUT2D eigenvalue weighted by Crippen LogP contribution is -2.30. The Morgan fingerprint density at radius 2 is 2.09 bits per heavy atom. The quantitative estimate of drug-likeness (QED) is 0.624. The number of aliphatic hydroxyl groups is 1.